The summed E-state index contributed by atoms with van der Waals surface area (Å²) in [6.07, 6.45) is 9.10. The number of rotatable bonds is 6. The first-order valence-electron chi connectivity index (χ1n) is 14.0. The second-order valence-electron chi connectivity index (χ2n) is 11.8. The molecule has 37 heavy (non-hydrogen) atoms. The van der Waals surface area contributed by atoms with E-state index in [2.05, 4.69) is 84.1 Å². The number of hydrogen-bond acceptors (Lipinski definition) is 3. The van der Waals surface area contributed by atoms with Crippen molar-refractivity contribution in [3.8, 4) is 0 Å². The molecule has 3 aromatic rings. The highest BCUT2D eigenvalue weighted by Crippen LogP contribution is 2.44. The minimum absolute atomic E-state index is 0. The SMILES string of the molecule is Cc1nc2ccccc2n1C1C[C@H]2CC[C@@H](C1)N2CCC1(c2ccc(C(C)C)cc2)CCNCC1.Cl.Cl. The highest BCUT2D eigenvalue weighted by atomic mass is 35.5. The number of fused-ring (bicyclic) bond motifs is 3. The molecule has 3 saturated heterocycles. The van der Waals surface area contributed by atoms with Gasteiger partial charge in [0.25, 0.3) is 0 Å². The highest BCUT2D eigenvalue weighted by molar-refractivity contribution is 5.85. The number of imidazole rings is 1. The Balaban J connectivity index is 0.00000160. The largest absolute Gasteiger partial charge is 0.325 e. The van der Waals surface area contributed by atoms with Gasteiger partial charge in [-0.1, -0.05) is 50.2 Å². The molecular weight excluding hydrogens is 499 g/mol. The molecule has 4 nitrogen and oxygen atoms in total. The molecule has 3 atom stereocenters. The zero-order valence-corrected chi connectivity index (χ0v) is 24.3. The Hall–Kier alpha value is -1.59. The molecular formula is C31H44Cl2N4. The monoisotopic (exact) mass is 542 g/mol. The van der Waals surface area contributed by atoms with Gasteiger partial charge in [-0.05, 0) is 106 Å². The Bertz CT molecular complexity index is 1150. The normalized spacial score (nSPS) is 25.1. The Labute approximate surface area is 235 Å². The average Bonchev–Trinajstić information content (AvgIpc) is 3.34. The average molecular weight is 544 g/mol. The van der Waals surface area contributed by atoms with Crippen molar-refractivity contribution in [2.75, 3.05) is 19.6 Å². The predicted molar refractivity (Wildman–Crippen MR) is 160 cm³/mol. The third-order valence-corrected chi connectivity index (χ3v) is 9.60. The van der Waals surface area contributed by atoms with Crippen LogP contribution in [0.2, 0.25) is 0 Å². The van der Waals surface area contributed by atoms with Crippen LogP contribution in [0.3, 0.4) is 0 Å². The van der Waals surface area contributed by atoms with E-state index in [-0.39, 0.29) is 24.8 Å². The summed E-state index contributed by atoms with van der Waals surface area (Å²) in [6.45, 7) is 10.3. The fraction of sp³-hybridized carbons (Fsp3) is 0.581. The summed E-state index contributed by atoms with van der Waals surface area (Å²) in [6, 6.07) is 20.4. The van der Waals surface area contributed by atoms with Crippen molar-refractivity contribution >= 4 is 35.8 Å². The van der Waals surface area contributed by atoms with Crippen LogP contribution in [0.5, 0.6) is 0 Å². The minimum Gasteiger partial charge on any atom is -0.325 e. The van der Waals surface area contributed by atoms with Crippen molar-refractivity contribution in [2.24, 2.45) is 0 Å². The quantitative estimate of drug-likeness (QED) is 0.357. The molecule has 6 heteroatoms. The standard InChI is InChI=1S/C31H42N4.2ClH/c1-22(2)24-8-10-25(11-9-24)31(14-17-32-18-15-31)16-19-34-26-12-13-27(34)21-28(20-26)35-23(3)33-29-6-4-5-7-30(29)35;;/h4-11,22,26-28,32H,12-21H2,1-3H3;2*1H/t26-,27+,28?;;. The summed E-state index contributed by atoms with van der Waals surface area (Å²) in [5, 5.41) is 3.63. The third-order valence-electron chi connectivity index (χ3n) is 9.60. The molecule has 0 aliphatic carbocycles. The van der Waals surface area contributed by atoms with Crippen molar-refractivity contribution in [1.29, 1.82) is 0 Å². The highest BCUT2D eigenvalue weighted by Gasteiger charge is 2.43. The van der Waals surface area contributed by atoms with E-state index in [4.69, 9.17) is 4.98 Å². The Morgan fingerprint density at radius 1 is 0.919 bits per heavy atom. The number of piperidine rings is 2. The number of benzene rings is 2. The van der Waals surface area contributed by atoms with Gasteiger partial charge in [-0.25, -0.2) is 4.98 Å². The lowest BCUT2D eigenvalue weighted by Crippen LogP contribution is -2.47. The molecule has 1 unspecified atom stereocenters. The minimum atomic E-state index is 0. The number of hydrogen-bond donors (Lipinski definition) is 1. The van der Waals surface area contributed by atoms with Crippen LogP contribution in [0.15, 0.2) is 48.5 Å². The second-order valence-corrected chi connectivity index (χ2v) is 11.8. The topological polar surface area (TPSA) is 33.1 Å². The van der Waals surface area contributed by atoms with Gasteiger partial charge in [-0.3, -0.25) is 4.90 Å². The summed E-state index contributed by atoms with van der Waals surface area (Å²) in [4.78, 5) is 7.79. The van der Waals surface area contributed by atoms with Gasteiger partial charge in [-0.2, -0.15) is 0 Å². The maximum atomic E-state index is 4.88. The first kappa shape index (κ1) is 28.4. The van der Waals surface area contributed by atoms with Crippen LogP contribution in [0.25, 0.3) is 11.0 Å². The van der Waals surface area contributed by atoms with Crippen molar-refractivity contribution in [2.45, 2.75) is 95.2 Å². The van der Waals surface area contributed by atoms with E-state index in [0.29, 0.717) is 17.4 Å². The Morgan fingerprint density at radius 3 is 2.22 bits per heavy atom. The van der Waals surface area contributed by atoms with E-state index < -0.39 is 0 Å². The number of aromatic nitrogens is 2. The molecule has 3 fully saturated rings. The second kappa shape index (κ2) is 11.7. The molecule has 0 amide bonds. The molecule has 6 rings (SSSR count). The summed E-state index contributed by atoms with van der Waals surface area (Å²) in [5.74, 6) is 1.78. The summed E-state index contributed by atoms with van der Waals surface area (Å²) in [5.41, 5.74) is 5.83. The summed E-state index contributed by atoms with van der Waals surface area (Å²) < 4.78 is 2.56. The lowest BCUT2D eigenvalue weighted by molar-refractivity contribution is 0.0929. The fourth-order valence-electron chi connectivity index (χ4n) is 7.60. The number of nitrogens with one attached hydrogen (secondary N) is 1. The van der Waals surface area contributed by atoms with Gasteiger partial charge in [-0.15, -0.1) is 24.8 Å². The first-order valence-corrected chi connectivity index (χ1v) is 14.0. The molecule has 0 spiro atoms. The Morgan fingerprint density at radius 2 is 1.57 bits per heavy atom. The van der Waals surface area contributed by atoms with Gasteiger partial charge in [0.2, 0.25) is 0 Å². The van der Waals surface area contributed by atoms with E-state index in [1.54, 1.807) is 5.56 Å². The molecule has 4 heterocycles. The number of para-hydroxylation sites is 2. The lowest BCUT2D eigenvalue weighted by atomic mass is 9.70. The molecule has 2 bridgehead atoms. The Kier molecular flexibility index (Phi) is 8.95. The zero-order chi connectivity index (χ0) is 24.0. The molecule has 0 saturated carbocycles. The molecule has 1 aromatic heterocycles. The van der Waals surface area contributed by atoms with Crippen molar-refractivity contribution < 1.29 is 0 Å². The van der Waals surface area contributed by atoms with E-state index in [0.717, 1.165) is 30.7 Å². The smallest absolute Gasteiger partial charge is 0.106 e. The fourth-order valence-corrected chi connectivity index (χ4v) is 7.60. The van der Waals surface area contributed by atoms with Crippen molar-refractivity contribution in [3.63, 3.8) is 0 Å². The van der Waals surface area contributed by atoms with Crippen LogP contribution in [0, 0.1) is 6.92 Å². The van der Waals surface area contributed by atoms with Gasteiger partial charge in [0, 0.05) is 18.1 Å². The van der Waals surface area contributed by atoms with Crippen molar-refractivity contribution in [1.82, 2.24) is 19.8 Å². The predicted octanol–water partition coefficient (Wildman–Crippen LogP) is 7.19. The van der Waals surface area contributed by atoms with Crippen LogP contribution < -0.4 is 5.32 Å². The van der Waals surface area contributed by atoms with Crippen molar-refractivity contribution in [3.05, 3.63) is 65.5 Å². The number of halogens is 2. The summed E-state index contributed by atoms with van der Waals surface area (Å²) in [7, 11) is 0. The van der Waals surface area contributed by atoms with Gasteiger partial charge in [0.05, 0.1) is 11.0 Å². The zero-order valence-electron chi connectivity index (χ0n) is 22.7. The first-order chi connectivity index (χ1) is 17.0. The van der Waals surface area contributed by atoms with Gasteiger partial charge >= 0.3 is 0 Å². The van der Waals surface area contributed by atoms with E-state index in [1.807, 2.05) is 0 Å². The number of aryl methyl sites for hydroxylation is 1. The van der Waals surface area contributed by atoms with E-state index >= 15 is 0 Å². The summed E-state index contributed by atoms with van der Waals surface area (Å²) >= 11 is 0. The third kappa shape index (κ3) is 5.32. The molecule has 0 radical (unpaired) electrons. The molecule has 2 aromatic carbocycles. The van der Waals surface area contributed by atoms with Crippen LogP contribution >= 0.6 is 24.8 Å². The maximum Gasteiger partial charge on any atom is 0.106 e. The van der Waals surface area contributed by atoms with Crippen LogP contribution in [0.1, 0.15) is 87.7 Å². The van der Waals surface area contributed by atoms with Crippen LogP contribution in [0.4, 0.5) is 0 Å². The lowest BCUT2D eigenvalue weighted by Gasteiger charge is -2.44. The van der Waals surface area contributed by atoms with Gasteiger partial charge in [0.15, 0.2) is 0 Å². The maximum absolute atomic E-state index is 4.88. The van der Waals surface area contributed by atoms with Gasteiger partial charge in [0.1, 0.15) is 5.82 Å². The molecule has 202 valence electrons. The number of nitrogens with zero attached hydrogens (tertiary/aromatic N) is 3. The molecule has 3 aliphatic rings. The van der Waals surface area contributed by atoms with Crippen LogP contribution in [-0.2, 0) is 5.41 Å². The molecule has 1 N–H and O–H groups in total. The van der Waals surface area contributed by atoms with E-state index in [9.17, 15) is 0 Å². The van der Waals surface area contributed by atoms with E-state index in [1.165, 1.54) is 68.4 Å². The molecule has 3 aliphatic heterocycles. The van der Waals surface area contributed by atoms with Crippen LogP contribution in [-0.4, -0.2) is 46.2 Å². The van der Waals surface area contributed by atoms with Gasteiger partial charge < -0.3 is 9.88 Å².